The molecule has 2 aliphatic rings. The van der Waals surface area contributed by atoms with E-state index in [1.807, 2.05) is 11.8 Å². The van der Waals surface area contributed by atoms with E-state index in [0.29, 0.717) is 12.0 Å². The lowest BCUT2D eigenvalue weighted by Gasteiger charge is -2.48. The lowest BCUT2D eigenvalue weighted by atomic mass is 9.66. The van der Waals surface area contributed by atoms with Gasteiger partial charge >= 0.3 is 0 Å². The summed E-state index contributed by atoms with van der Waals surface area (Å²) in [6.45, 7) is 6.94. The molecule has 4 heteroatoms. The number of benzene rings is 2. The van der Waals surface area contributed by atoms with Gasteiger partial charge in [0.2, 0.25) is 0 Å². The monoisotopic (exact) mass is 361 g/mol. The Morgan fingerprint density at radius 2 is 1.81 bits per heavy atom. The lowest BCUT2D eigenvalue weighted by Crippen LogP contribution is -2.44. The van der Waals surface area contributed by atoms with Crippen LogP contribution < -0.4 is 5.32 Å². The van der Waals surface area contributed by atoms with E-state index in [1.54, 1.807) is 0 Å². The van der Waals surface area contributed by atoms with Crippen LogP contribution in [0, 0.1) is 12.8 Å². The molecule has 0 spiro atoms. The van der Waals surface area contributed by atoms with Crippen molar-refractivity contribution in [2.45, 2.75) is 37.3 Å². The van der Waals surface area contributed by atoms with Crippen molar-refractivity contribution >= 4 is 17.4 Å². The summed E-state index contributed by atoms with van der Waals surface area (Å²) in [6, 6.07) is 19.6. The summed E-state index contributed by atoms with van der Waals surface area (Å²) in [5.74, 6) is 1.64. The minimum Gasteiger partial charge on any atom is -0.377 e. The second-order valence-corrected chi connectivity index (χ2v) is 8.87. The maximum absolute atomic E-state index is 4.91. The molecule has 0 aliphatic carbocycles. The molecule has 0 bridgehead atoms. The molecule has 5 rings (SSSR count). The number of rotatable bonds is 1. The first-order valence-corrected chi connectivity index (χ1v) is 10.2. The van der Waals surface area contributed by atoms with Gasteiger partial charge in [-0.3, -0.25) is 0 Å². The van der Waals surface area contributed by atoms with Crippen molar-refractivity contribution in [1.82, 2.24) is 9.78 Å². The zero-order valence-electron chi connectivity index (χ0n) is 15.4. The van der Waals surface area contributed by atoms with Gasteiger partial charge in [-0.25, -0.2) is 4.68 Å². The Morgan fingerprint density at radius 3 is 2.62 bits per heavy atom. The Bertz CT molecular complexity index is 974. The molecule has 1 N–H and O–H groups in total. The predicted octanol–water partition coefficient (Wildman–Crippen LogP) is 5.35. The normalized spacial score (nSPS) is 22.7. The minimum atomic E-state index is 0.137. The van der Waals surface area contributed by atoms with Gasteiger partial charge in [0.05, 0.1) is 17.4 Å². The average molecular weight is 362 g/mol. The molecule has 3 nitrogen and oxygen atoms in total. The van der Waals surface area contributed by atoms with Crippen LogP contribution in [-0.2, 0) is 5.41 Å². The zero-order chi connectivity index (χ0) is 17.9. The van der Waals surface area contributed by atoms with Gasteiger partial charge < -0.3 is 5.32 Å². The van der Waals surface area contributed by atoms with Crippen LogP contribution in [0.2, 0.25) is 0 Å². The van der Waals surface area contributed by atoms with Crippen molar-refractivity contribution in [3.8, 4) is 5.69 Å². The molecular formula is C22H23N3S. The summed E-state index contributed by atoms with van der Waals surface area (Å²) >= 11 is 1.95. The largest absolute Gasteiger partial charge is 0.377 e. The number of aryl methyl sites for hydroxylation is 1. The van der Waals surface area contributed by atoms with Gasteiger partial charge in [-0.05, 0) is 36.1 Å². The van der Waals surface area contributed by atoms with Crippen LogP contribution in [0.5, 0.6) is 0 Å². The van der Waals surface area contributed by atoms with Crippen LogP contribution in [-0.4, -0.2) is 15.5 Å². The second kappa shape index (κ2) is 5.65. The van der Waals surface area contributed by atoms with Gasteiger partial charge in [0, 0.05) is 22.9 Å². The summed E-state index contributed by atoms with van der Waals surface area (Å²) in [5.41, 5.74) is 6.48. The van der Waals surface area contributed by atoms with Crippen molar-refractivity contribution in [1.29, 1.82) is 0 Å². The first-order chi connectivity index (χ1) is 12.6. The second-order valence-electron chi connectivity index (χ2n) is 7.86. The van der Waals surface area contributed by atoms with Crippen molar-refractivity contribution in [3.63, 3.8) is 0 Å². The molecule has 26 heavy (non-hydrogen) atoms. The van der Waals surface area contributed by atoms with E-state index in [4.69, 9.17) is 5.10 Å². The fourth-order valence-corrected chi connectivity index (χ4v) is 6.21. The Hall–Kier alpha value is -2.20. The van der Waals surface area contributed by atoms with E-state index < -0.39 is 0 Å². The molecule has 0 radical (unpaired) electrons. The fourth-order valence-electron chi connectivity index (χ4n) is 4.56. The molecule has 1 aromatic heterocycles. The minimum absolute atomic E-state index is 0.137. The van der Waals surface area contributed by atoms with E-state index >= 15 is 0 Å². The van der Waals surface area contributed by atoms with E-state index in [1.165, 1.54) is 21.8 Å². The Balaban J connectivity index is 1.66. The highest BCUT2D eigenvalue weighted by molar-refractivity contribution is 7.99. The molecule has 0 unspecified atom stereocenters. The third kappa shape index (κ3) is 2.18. The van der Waals surface area contributed by atoms with Crippen molar-refractivity contribution in [2.75, 3.05) is 11.1 Å². The van der Waals surface area contributed by atoms with E-state index in [-0.39, 0.29) is 5.41 Å². The van der Waals surface area contributed by atoms with Gasteiger partial charge in [-0.1, -0.05) is 50.2 Å². The average Bonchev–Trinajstić information content (AvgIpc) is 3.00. The molecule has 0 fully saturated rings. The van der Waals surface area contributed by atoms with Crippen molar-refractivity contribution in [3.05, 3.63) is 71.4 Å². The first-order valence-electron chi connectivity index (χ1n) is 9.21. The van der Waals surface area contributed by atoms with Gasteiger partial charge in [0.1, 0.15) is 5.03 Å². The van der Waals surface area contributed by atoms with Crippen LogP contribution in [0.25, 0.3) is 5.69 Å². The Kier molecular flexibility index (Phi) is 3.48. The number of para-hydroxylation sites is 2. The summed E-state index contributed by atoms with van der Waals surface area (Å²) < 4.78 is 2.13. The summed E-state index contributed by atoms with van der Waals surface area (Å²) in [6.07, 6.45) is 0. The molecule has 3 aromatic rings. The summed E-state index contributed by atoms with van der Waals surface area (Å²) in [5, 5.41) is 10.1. The Morgan fingerprint density at radius 1 is 1.08 bits per heavy atom. The quantitative estimate of drug-likeness (QED) is 0.634. The number of thioether (sulfide) groups is 1. The number of anilines is 1. The molecule has 2 aromatic carbocycles. The van der Waals surface area contributed by atoms with Crippen molar-refractivity contribution in [2.24, 2.45) is 5.92 Å². The van der Waals surface area contributed by atoms with Gasteiger partial charge in [0.15, 0.2) is 0 Å². The zero-order valence-corrected chi connectivity index (χ0v) is 16.2. The molecule has 0 saturated heterocycles. The maximum Gasteiger partial charge on any atom is 0.105 e. The summed E-state index contributed by atoms with van der Waals surface area (Å²) in [7, 11) is 0. The van der Waals surface area contributed by atoms with Gasteiger partial charge in [0.25, 0.3) is 0 Å². The van der Waals surface area contributed by atoms with E-state index in [2.05, 4.69) is 85.4 Å². The molecular weight excluding hydrogens is 338 g/mol. The highest BCUT2D eigenvalue weighted by Crippen LogP contribution is 2.54. The van der Waals surface area contributed by atoms with Gasteiger partial charge in [-0.2, -0.15) is 5.10 Å². The van der Waals surface area contributed by atoms with Crippen LogP contribution in [0.1, 0.15) is 36.7 Å². The Labute approximate surface area is 158 Å². The van der Waals surface area contributed by atoms with Crippen LogP contribution in [0.4, 0.5) is 5.69 Å². The van der Waals surface area contributed by atoms with Crippen molar-refractivity contribution < 1.29 is 0 Å². The number of hydrogen-bond acceptors (Lipinski definition) is 3. The van der Waals surface area contributed by atoms with Crippen LogP contribution in [0.15, 0.2) is 59.6 Å². The number of hydrogen-bond donors (Lipinski definition) is 1. The third-order valence-corrected chi connectivity index (χ3v) is 7.23. The van der Waals surface area contributed by atoms with Crippen LogP contribution >= 0.6 is 11.8 Å². The SMILES string of the molecule is Cc1nn(-c2ccccc2)c2c1[C@@H]1Nc3ccccc3C(C)(C)[C@@H]1CS2. The fraction of sp³-hybridized carbons (Fsp3) is 0.318. The smallest absolute Gasteiger partial charge is 0.105 e. The highest BCUT2D eigenvalue weighted by Gasteiger charge is 2.47. The number of nitrogens with zero attached hydrogens (tertiary/aromatic N) is 2. The molecule has 3 heterocycles. The highest BCUT2D eigenvalue weighted by atomic mass is 32.2. The summed E-state index contributed by atoms with van der Waals surface area (Å²) in [4.78, 5) is 0. The van der Waals surface area contributed by atoms with E-state index in [9.17, 15) is 0 Å². The number of aromatic nitrogens is 2. The maximum atomic E-state index is 4.91. The number of fused-ring (bicyclic) bond motifs is 4. The first kappa shape index (κ1) is 16.0. The number of nitrogens with one attached hydrogen (secondary N) is 1. The standard InChI is InChI=1S/C22H23N3S/c1-14-19-20-17(22(2,3)16-11-7-8-12-18(16)23-20)13-26-21(19)25(24-14)15-9-5-4-6-10-15/h4-12,17,20,23H,13H2,1-3H3/t17-,20-/m1/s1. The lowest BCUT2D eigenvalue weighted by molar-refractivity contribution is 0.292. The molecule has 2 atom stereocenters. The molecule has 0 saturated carbocycles. The predicted molar refractivity (Wildman–Crippen MR) is 108 cm³/mol. The molecule has 132 valence electrons. The van der Waals surface area contributed by atoms with Gasteiger partial charge in [-0.15, -0.1) is 11.8 Å². The van der Waals surface area contributed by atoms with E-state index in [0.717, 1.165) is 17.1 Å². The molecule has 0 amide bonds. The molecule has 2 aliphatic heterocycles. The third-order valence-electron chi connectivity index (χ3n) is 6.04. The topological polar surface area (TPSA) is 29.9 Å². The van der Waals surface area contributed by atoms with Crippen LogP contribution in [0.3, 0.4) is 0 Å².